The fourth-order valence-corrected chi connectivity index (χ4v) is 5.47. The number of para-hydroxylation sites is 1. The van der Waals surface area contributed by atoms with Crippen LogP contribution in [0.4, 0.5) is 0 Å². The van der Waals surface area contributed by atoms with Gasteiger partial charge in [0.2, 0.25) is 0 Å². The van der Waals surface area contributed by atoms with Crippen molar-refractivity contribution in [1.29, 1.82) is 0 Å². The lowest BCUT2D eigenvalue weighted by atomic mass is 10.3. The highest BCUT2D eigenvalue weighted by molar-refractivity contribution is 7.45. The van der Waals surface area contributed by atoms with Crippen LogP contribution in [0.2, 0.25) is 0 Å². The standard InChI is InChI=1S/C30H35NO6P2/c1-5-8-11-15-26(4)33-39(36-28-17-12-10-13-18-28)37-30-20-14-19-29(25-30)35-38(31-21-23-32-24-22-31)34-27(7-3)16-9-6-2/h5-20,25H,1-2,21-24H2,3-4H3/b11-8-,16-9-,26-15+,27-7+. The van der Waals surface area contributed by atoms with Crippen molar-refractivity contribution in [3.05, 3.63) is 128 Å². The molecule has 1 fully saturated rings. The van der Waals surface area contributed by atoms with Gasteiger partial charge in [0.1, 0.15) is 28.8 Å². The van der Waals surface area contributed by atoms with E-state index in [1.165, 1.54) is 0 Å². The highest BCUT2D eigenvalue weighted by Crippen LogP contribution is 2.48. The largest absolute Gasteiger partial charge is 0.529 e. The van der Waals surface area contributed by atoms with Crippen LogP contribution in [0.15, 0.2) is 128 Å². The highest BCUT2D eigenvalue weighted by atomic mass is 31.2. The average Bonchev–Trinajstić information content (AvgIpc) is 2.96. The van der Waals surface area contributed by atoms with Crippen molar-refractivity contribution in [2.75, 3.05) is 26.3 Å². The minimum Gasteiger partial charge on any atom is -0.427 e. The molecule has 7 nitrogen and oxygen atoms in total. The van der Waals surface area contributed by atoms with Gasteiger partial charge in [0.25, 0.3) is 0 Å². The second-order valence-corrected chi connectivity index (χ2v) is 10.4. The van der Waals surface area contributed by atoms with Crippen LogP contribution in [0.25, 0.3) is 0 Å². The summed E-state index contributed by atoms with van der Waals surface area (Å²) in [6, 6.07) is 16.8. The predicted molar refractivity (Wildman–Crippen MR) is 159 cm³/mol. The van der Waals surface area contributed by atoms with Crippen molar-refractivity contribution in [1.82, 2.24) is 4.67 Å². The molecule has 1 aliphatic rings. The van der Waals surface area contributed by atoms with Gasteiger partial charge in [0.15, 0.2) is 0 Å². The number of nitrogens with zero attached hydrogens (tertiary/aromatic N) is 1. The van der Waals surface area contributed by atoms with Crippen LogP contribution in [0.3, 0.4) is 0 Å². The quantitative estimate of drug-likeness (QED) is 0.121. The fraction of sp³-hybridized carbons (Fsp3) is 0.200. The Bertz CT molecular complexity index is 1160. The second-order valence-electron chi connectivity index (χ2n) is 7.96. The molecule has 2 unspecified atom stereocenters. The number of allylic oxidation sites excluding steroid dienone is 9. The number of ether oxygens (including phenoxy) is 1. The zero-order valence-corrected chi connectivity index (χ0v) is 24.1. The summed E-state index contributed by atoms with van der Waals surface area (Å²) in [5.74, 6) is 3.11. The van der Waals surface area contributed by atoms with Crippen LogP contribution in [-0.4, -0.2) is 31.0 Å². The molecule has 2 atom stereocenters. The van der Waals surface area contributed by atoms with Gasteiger partial charge >= 0.3 is 17.1 Å². The Morgan fingerprint density at radius 3 is 2.21 bits per heavy atom. The monoisotopic (exact) mass is 567 g/mol. The van der Waals surface area contributed by atoms with E-state index in [1.807, 2.05) is 98.8 Å². The Labute approximate surface area is 234 Å². The fourth-order valence-electron chi connectivity index (χ4n) is 3.09. The van der Waals surface area contributed by atoms with E-state index in [1.54, 1.807) is 18.2 Å². The summed E-state index contributed by atoms with van der Waals surface area (Å²) in [7, 11) is -3.26. The molecule has 1 aliphatic heterocycles. The van der Waals surface area contributed by atoms with E-state index in [4.69, 9.17) is 27.4 Å². The third-order valence-electron chi connectivity index (χ3n) is 4.97. The first-order valence-electron chi connectivity index (χ1n) is 12.5. The van der Waals surface area contributed by atoms with Crippen LogP contribution >= 0.6 is 17.1 Å². The Balaban J connectivity index is 1.78. The Hall–Kier alpha value is -3.34. The summed E-state index contributed by atoms with van der Waals surface area (Å²) in [5.41, 5.74) is 0. The smallest absolute Gasteiger partial charge is 0.427 e. The van der Waals surface area contributed by atoms with E-state index in [2.05, 4.69) is 17.8 Å². The van der Waals surface area contributed by atoms with E-state index in [9.17, 15) is 0 Å². The van der Waals surface area contributed by atoms with E-state index in [0.717, 1.165) is 0 Å². The molecule has 39 heavy (non-hydrogen) atoms. The molecule has 1 saturated heterocycles. The van der Waals surface area contributed by atoms with Gasteiger partial charge in [-0.25, -0.2) is 4.67 Å². The molecule has 206 valence electrons. The van der Waals surface area contributed by atoms with Crippen LogP contribution in [0.5, 0.6) is 17.2 Å². The molecule has 0 saturated carbocycles. The zero-order chi connectivity index (χ0) is 27.7. The van der Waals surface area contributed by atoms with Gasteiger partial charge in [-0.05, 0) is 56.3 Å². The van der Waals surface area contributed by atoms with E-state index in [-0.39, 0.29) is 0 Å². The molecule has 0 radical (unpaired) electrons. The van der Waals surface area contributed by atoms with Crippen molar-refractivity contribution >= 4 is 17.1 Å². The van der Waals surface area contributed by atoms with Crippen LogP contribution in [0.1, 0.15) is 13.8 Å². The summed E-state index contributed by atoms with van der Waals surface area (Å²) < 4.78 is 38.6. The number of morpholine rings is 1. The first-order chi connectivity index (χ1) is 19.1. The molecule has 9 heteroatoms. The molecule has 3 rings (SSSR count). The second kappa shape index (κ2) is 17.3. The summed E-state index contributed by atoms with van der Waals surface area (Å²) >= 11 is 0. The Kier molecular flexibility index (Phi) is 13.4. The van der Waals surface area contributed by atoms with Gasteiger partial charge < -0.3 is 27.4 Å². The van der Waals surface area contributed by atoms with Crippen LogP contribution < -0.4 is 13.6 Å². The summed E-state index contributed by atoms with van der Waals surface area (Å²) in [4.78, 5) is 0. The lowest BCUT2D eigenvalue weighted by molar-refractivity contribution is 0.0670. The van der Waals surface area contributed by atoms with Crippen LogP contribution in [0, 0.1) is 0 Å². The van der Waals surface area contributed by atoms with Crippen LogP contribution in [-0.2, 0) is 13.8 Å². The molecule has 0 bridgehead atoms. The van der Waals surface area contributed by atoms with Gasteiger partial charge in [0.05, 0.1) is 13.2 Å². The van der Waals surface area contributed by atoms with E-state index >= 15 is 0 Å². The van der Waals surface area contributed by atoms with Gasteiger partial charge in [-0.15, -0.1) is 0 Å². The molecule has 0 aliphatic carbocycles. The molecule has 0 N–H and O–H groups in total. The molecular weight excluding hydrogens is 532 g/mol. The average molecular weight is 568 g/mol. The lowest BCUT2D eigenvalue weighted by Crippen LogP contribution is -2.33. The Morgan fingerprint density at radius 2 is 1.51 bits per heavy atom. The van der Waals surface area contributed by atoms with E-state index in [0.29, 0.717) is 55.1 Å². The van der Waals surface area contributed by atoms with Crippen molar-refractivity contribution in [3.8, 4) is 17.2 Å². The molecule has 1 heterocycles. The SMILES string of the molecule is C=C/C=C\C=C(/C)OP(Oc1ccccc1)Oc1cccc(OP(OC(/C=C\C=C)=C/C)N2CCOCC2)c1. The number of hydrogen-bond acceptors (Lipinski definition) is 7. The van der Waals surface area contributed by atoms with Crippen molar-refractivity contribution in [2.24, 2.45) is 0 Å². The Morgan fingerprint density at radius 1 is 0.846 bits per heavy atom. The normalized spacial score (nSPS) is 16.5. The molecule has 0 amide bonds. The van der Waals surface area contributed by atoms with Crippen molar-refractivity contribution < 1.29 is 27.4 Å². The maximum absolute atomic E-state index is 6.38. The zero-order valence-electron chi connectivity index (χ0n) is 22.3. The summed E-state index contributed by atoms with van der Waals surface area (Å²) in [5, 5.41) is 0. The maximum atomic E-state index is 6.38. The van der Waals surface area contributed by atoms with Crippen molar-refractivity contribution in [3.63, 3.8) is 0 Å². The molecule has 0 aromatic heterocycles. The lowest BCUT2D eigenvalue weighted by Gasteiger charge is -2.32. The van der Waals surface area contributed by atoms with Gasteiger partial charge in [-0.1, -0.05) is 67.8 Å². The molecule has 2 aromatic rings. The van der Waals surface area contributed by atoms with Gasteiger partial charge in [0, 0.05) is 19.2 Å². The predicted octanol–water partition coefficient (Wildman–Crippen LogP) is 8.63. The summed E-state index contributed by atoms with van der Waals surface area (Å²) in [6.07, 6.45) is 14.5. The first-order valence-corrected chi connectivity index (χ1v) is 14.7. The topological polar surface area (TPSA) is 58.6 Å². The summed E-state index contributed by atoms with van der Waals surface area (Å²) in [6.45, 7) is 13.8. The highest BCUT2D eigenvalue weighted by Gasteiger charge is 2.28. The minimum atomic E-state index is -1.81. The third-order valence-corrected chi connectivity index (χ3v) is 7.72. The molecule has 0 spiro atoms. The van der Waals surface area contributed by atoms with Gasteiger partial charge in [-0.2, -0.15) is 0 Å². The first kappa shape index (κ1) is 30.2. The number of hydrogen-bond donors (Lipinski definition) is 0. The van der Waals surface area contributed by atoms with Gasteiger partial charge in [-0.3, -0.25) is 0 Å². The van der Waals surface area contributed by atoms with Crippen molar-refractivity contribution in [2.45, 2.75) is 13.8 Å². The minimum absolute atomic E-state index is 0.540. The number of rotatable bonds is 15. The maximum Gasteiger partial charge on any atom is 0.529 e. The molecular formula is C30H35NO6P2. The number of benzene rings is 2. The molecule has 2 aromatic carbocycles. The third kappa shape index (κ3) is 11.1. The van der Waals surface area contributed by atoms with E-state index < -0.39 is 17.1 Å².